The first-order valence-electron chi connectivity index (χ1n) is 9.60. The molecule has 1 atom stereocenters. The third-order valence-corrected chi connectivity index (χ3v) is 6.35. The minimum absolute atomic E-state index is 0.124. The molecular weight excluding hydrogens is 349 g/mol. The summed E-state index contributed by atoms with van der Waals surface area (Å²) in [6.07, 6.45) is 4.04. The SMILES string of the molecule is O=c1[nH]c2c(c(=O)n1C1CCOCC1)CC[C@]1(CCc3cccc(F)c31)N2. The topological polar surface area (TPSA) is 76.1 Å². The van der Waals surface area contributed by atoms with Gasteiger partial charge >= 0.3 is 5.69 Å². The third kappa shape index (κ3) is 2.48. The largest absolute Gasteiger partial charge is 0.381 e. The molecule has 2 N–H and O–H groups in total. The van der Waals surface area contributed by atoms with Crippen LogP contribution in [0.4, 0.5) is 10.2 Å². The Morgan fingerprint density at radius 1 is 1.15 bits per heavy atom. The van der Waals surface area contributed by atoms with E-state index in [-0.39, 0.29) is 17.4 Å². The molecule has 2 aromatic rings. The molecule has 0 bridgehead atoms. The van der Waals surface area contributed by atoms with Gasteiger partial charge in [-0.15, -0.1) is 0 Å². The van der Waals surface area contributed by atoms with Gasteiger partial charge in [0.2, 0.25) is 0 Å². The van der Waals surface area contributed by atoms with Crippen molar-refractivity contribution < 1.29 is 9.13 Å². The van der Waals surface area contributed by atoms with Gasteiger partial charge in [-0.1, -0.05) is 12.1 Å². The van der Waals surface area contributed by atoms with E-state index in [9.17, 15) is 14.0 Å². The quantitative estimate of drug-likeness (QED) is 0.806. The summed E-state index contributed by atoms with van der Waals surface area (Å²) in [5.41, 5.74) is 1.11. The Kier molecular flexibility index (Phi) is 3.75. The van der Waals surface area contributed by atoms with Gasteiger partial charge in [0.05, 0.1) is 11.1 Å². The van der Waals surface area contributed by atoms with Gasteiger partial charge in [0.15, 0.2) is 0 Å². The molecule has 0 unspecified atom stereocenters. The summed E-state index contributed by atoms with van der Waals surface area (Å²) in [6.45, 7) is 1.12. The Morgan fingerprint density at radius 2 is 1.93 bits per heavy atom. The third-order valence-electron chi connectivity index (χ3n) is 6.35. The number of aromatic amines is 1. The smallest absolute Gasteiger partial charge is 0.330 e. The molecule has 1 aromatic heterocycles. The first-order chi connectivity index (χ1) is 13.1. The summed E-state index contributed by atoms with van der Waals surface area (Å²) < 4.78 is 21.3. The Bertz CT molecular complexity index is 1020. The van der Waals surface area contributed by atoms with Gasteiger partial charge in [0.1, 0.15) is 11.6 Å². The van der Waals surface area contributed by atoms with E-state index in [1.807, 2.05) is 6.07 Å². The van der Waals surface area contributed by atoms with E-state index in [0.717, 1.165) is 18.4 Å². The molecule has 1 fully saturated rings. The molecule has 6 nitrogen and oxygen atoms in total. The van der Waals surface area contributed by atoms with Crippen LogP contribution >= 0.6 is 0 Å². The predicted molar refractivity (Wildman–Crippen MR) is 98.8 cm³/mol. The highest BCUT2D eigenvalue weighted by Gasteiger charge is 2.44. The summed E-state index contributed by atoms with van der Waals surface area (Å²) in [6, 6.07) is 5.05. The number of benzene rings is 1. The molecule has 2 aliphatic heterocycles. The van der Waals surface area contributed by atoms with E-state index in [1.54, 1.807) is 6.07 Å². The summed E-state index contributed by atoms with van der Waals surface area (Å²) in [5.74, 6) is 0.231. The molecular formula is C20H22FN3O3. The molecule has 5 rings (SSSR count). The zero-order valence-corrected chi connectivity index (χ0v) is 15.0. The number of aromatic nitrogens is 2. The number of H-pyrrole nitrogens is 1. The number of anilines is 1. The molecule has 1 saturated heterocycles. The van der Waals surface area contributed by atoms with Crippen LogP contribution in [0.15, 0.2) is 27.8 Å². The lowest BCUT2D eigenvalue weighted by atomic mass is 9.82. The normalized spacial score (nSPS) is 24.5. The van der Waals surface area contributed by atoms with Crippen LogP contribution in [-0.4, -0.2) is 22.8 Å². The molecule has 1 aromatic carbocycles. The number of hydrogen-bond acceptors (Lipinski definition) is 4. The number of rotatable bonds is 1. The summed E-state index contributed by atoms with van der Waals surface area (Å²) in [7, 11) is 0. The molecule has 142 valence electrons. The maximum absolute atomic E-state index is 14.6. The van der Waals surface area contributed by atoms with Crippen LogP contribution in [0.1, 0.15) is 48.4 Å². The molecule has 0 amide bonds. The van der Waals surface area contributed by atoms with E-state index in [1.165, 1.54) is 10.6 Å². The van der Waals surface area contributed by atoms with Crippen LogP contribution in [0.3, 0.4) is 0 Å². The minimum atomic E-state index is -0.548. The van der Waals surface area contributed by atoms with Crippen molar-refractivity contribution in [3.8, 4) is 0 Å². The van der Waals surface area contributed by atoms with Gasteiger partial charge in [-0.05, 0) is 50.2 Å². The molecule has 3 heterocycles. The van der Waals surface area contributed by atoms with Crippen LogP contribution < -0.4 is 16.6 Å². The number of ether oxygens (including phenoxy) is 1. The van der Waals surface area contributed by atoms with Crippen LogP contribution in [0.2, 0.25) is 0 Å². The van der Waals surface area contributed by atoms with Gasteiger partial charge < -0.3 is 10.1 Å². The highest BCUT2D eigenvalue weighted by Crippen LogP contribution is 2.46. The van der Waals surface area contributed by atoms with Crippen molar-refractivity contribution in [3.05, 3.63) is 61.5 Å². The van der Waals surface area contributed by atoms with E-state index >= 15 is 0 Å². The summed E-state index contributed by atoms with van der Waals surface area (Å²) in [4.78, 5) is 28.6. The molecule has 1 aliphatic carbocycles. The Morgan fingerprint density at radius 3 is 2.74 bits per heavy atom. The van der Waals surface area contributed by atoms with Crippen molar-refractivity contribution in [3.63, 3.8) is 0 Å². The fourth-order valence-corrected chi connectivity index (χ4v) is 5.00. The van der Waals surface area contributed by atoms with E-state index in [4.69, 9.17) is 4.74 Å². The first kappa shape index (κ1) is 16.7. The standard InChI is InChI=1S/C20H22FN3O3/c21-15-3-1-2-12-4-8-20(16(12)15)9-5-14-17(23-20)22-19(26)24(18(14)25)13-6-10-27-11-7-13/h1-3,13,23H,4-11H2,(H,22,26)/t20-/m0/s1. The van der Waals surface area contributed by atoms with Crippen molar-refractivity contribution >= 4 is 5.82 Å². The minimum Gasteiger partial charge on any atom is -0.381 e. The van der Waals surface area contributed by atoms with E-state index in [0.29, 0.717) is 55.8 Å². The molecule has 0 saturated carbocycles. The van der Waals surface area contributed by atoms with Gasteiger partial charge in [0.25, 0.3) is 5.56 Å². The number of nitrogens with one attached hydrogen (secondary N) is 2. The molecule has 1 spiro atoms. The zero-order valence-electron chi connectivity index (χ0n) is 15.0. The van der Waals surface area contributed by atoms with E-state index < -0.39 is 11.2 Å². The Labute approximate surface area is 155 Å². The average molecular weight is 371 g/mol. The molecule has 7 heteroatoms. The van der Waals surface area contributed by atoms with E-state index in [2.05, 4.69) is 10.3 Å². The summed E-state index contributed by atoms with van der Waals surface area (Å²) in [5, 5.41) is 3.35. The van der Waals surface area contributed by atoms with Gasteiger partial charge in [-0.3, -0.25) is 14.3 Å². The number of aryl methyl sites for hydroxylation is 1. The second kappa shape index (κ2) is 6.05. The highest BCUT2D eigenvalue weighted by atomic mass is 19.1. The highest BCUT2D eigenvalue weighted by molar-refractivity contribution is 5.54. The van der Waals surface area contributed by atoms with Crippen LogP contribution in [-0.2, 0) is 23.1 Å². The lowest BCUT2D eigenvalue weighted by molar-refractivity contribution is 0.0673. The lowest BCUT2D eigenvalue weighted by Gasteiger charge is -2.37. The second-order valence-corrected chi connectivity index (χ2v) is 7.78. The predicted octanol–water partition coefficient (Wildman–Crippen LogP) is 2.23. The molecule has 27 heavy (non-hydrogen) atoms. The van der Waals surface area contributed by atoms with Crippen molar-refractivity contribution in [2.45, 2.75) is 50.1 Å². The summed E-state index contributed by atoms with van der Waals surface area (Å²) >= 11 is 0. The fraction of sp³-hybridized carbons (Fsp3) is 0.500. The molecule has 3 aliphatic rings. The number of nitrogens with zero attached hydrogens (tertiary/aromatic N) is 1. The number of fused-ring (bicyclic) bond motifs is 3. The van der Waals surface area contributed by atoms with Crippen molar-refractivity contribution in [2.24, 2.45) is 0 Å². The number of halogens is 1. The van der Waals surface area contributed by atoms with Crippen molar-refractivity contribution in [1.82, 2.24) is 9.55 Å². The average Bonchev–Trinajstić information content (AvgIpc) is 3.02. The number of hydrogen-bond donors (Lipinski definition) is 2. The maximum atomic E-state index is 14.6. The Balaban J connectivity index is 1.57. The Hall–Kier alpha value is -2.41. The van der Waals surface area contributed by atoms with Crippen LogP contribution in [0.5, 0.6) is 0 Å². The van der Waals surface area contributed by atoms with Crippen LogP contribution in [0, 0.1) is 5.82 Å². The van der Waals surface area contributed by atoms with Crippen molar-refractivity contribution in [2.75, 3.05) is 18.5 Å². The first-order valence-corrected chi connectivity index (χ1v) is 9.60. The van der Waals surface area contributed by atoms with Gasteiger partial charge in [0, 0.05) is 24.8 Å². The van der Waals surface area contributed by atoms with Crippen LogP contribution in [0.25, 0.3) is 0 Å². The maximum Gasteiger partial charge on any atom is 0.330 e. The fourth-order valence-electron chi connectivity index (χ4n) is 5.00. The second-order valence-electron chi connectivity index (χ2n) is 7.78. The lowest BCUT2D eigenvalue weighted by Crippen LogP contribution is -2.47. The monoisotopic (exact) mass is 371 g/mol. The molecule has 0 radical (unpaired) electrons. The van der Waals surface area contributed by atoms with Gasteiger partial charge in [-0.25, -0.2) is 9.18 Å². The van der Waals surface area contributed by atoms with Gasteiger partial charge in [-0.2, -0.15) is 0 Å². The zero-order chi connectivity index (χ0) is 18.6. The van der Waals surface area contributed by atoms with Crippen molar-refractivity contribution in [1.29, 1.82) is 0 Å².